The van der Waals surface area contributed by atoms with Gasteiger partial charge in [-0.1, -0.05) is 18.2 Å². The maximum absolute atomic E-state index is 11.6. The molecule has 1 N–H and O–H groups in total. The zero-order chi connectivity index (χ0) is 14.5. The van der Waals surface area contributed by atoms with Crippen molar-refractivity contribution in [3.63, 3.8) is 0 Å². The van der Waals surface area contributed by atoms with Crippen LogP contribution in [0.25, 0.3) is 0 Å². The molecule has 4 nitrogen and oxygen atoms in total. The van der Waals surface area contributed by atoms with Crippen molar-refractivity contribution in [3.8, 4) is 5.75 Å². The second-order valence-corrected chi connectivity index (χ2v) is 4.65. The van der Waals surface area contributed by atoms with Crippen LogP contribution in [0.4, 0.5) is 5.69 Å². The van der Waals surface area contributed by atoms with E-state index in [-0.39, 0.29) is 11.6 Å². The average Bonchev–Trinajstić information content (AvgIpc) is 2.49. The van der Waals surface area contributed by atoms with Gasteiger partial charge in [0.2, 0.25) is 0 Å². The van der Waals surface area contributed by atoms with Crippen LogP contribution < -0.4 is 15.6 Å². The van der Waals surface area contributed by atoms with Gasteiger partial charge < -0.3 is 14.6 Å². The molecule has 0 fully saturated rings. The van der Waals surface area contributed by atoms with Crippen molar-refractivity contribution in [2.24, 2.45) is 0 Å². The number of hydrogen-bond acceptors (Lipinski definition) is 3. The van der Waals surface area contributed by atoms with Gasteiger partial charge in [-0.2, -0.15) is 0 Å². The number of nitrogens with one attached hydrogen (secondary N) is 1. The van der Waals surface area contributed by atoms with E-state index >= 15 is 0 Å². The lowest BCUT2D eigenvalue weighted by molar-refractivity contribution is 0.408. The van der Waals surface area contributed by atoms with E-state index in [1.807, 2.05) is 37.4 Å². The summed E-state index contributed by atoms with van der Waals surface area (Å²) in [4.78, 5) is 11.6. The molecule has 1 heterocycles. The van der Waals surface area contributed by atoms with Crippen molar-refractivity contribution in [2.45, 2.75) is 26.4 Å². The van der Waals surface area contributed by atoms with E-state index in [9.17, 15) is 4.79 Å². The largest absolute Gasteiger partial charge is 0.496 e. The fourth-order valence-corrected chi connectivity index (χ4v) is 2.22. The molecule has 0 aliphatic carbocycles. The predicted octanol–water partition coefficient (Wildman–Crippen LogP) is 3.05. The quantitative estimate of drug-likeness (QED) is 0.909. The summed E-state index contributed by atoms with van der Waals surface area (Å²) < 4.78 is 7.05. The molecule has 0 amide bonds. The number of benzene rings is 1. The van der Waals surface area contributed by atoms with E-state index < -0.39 is 0 Å². The number of para-hydroxylation sites is 1. The standard InChI is InChI=1S/C16H20N2O2/c1-4-18-11-13(9-10-16(18)19)17-12(2)14-7-5-6-8-15(14)20-3/h5-12,17H,4H2,1-3H3. The normalized spacial score (nSPS) is 11.9. The smallest absolute Gasteiger partial charge is 0.250 e. The number of aryl methyl sites for hydroxylation is 1. The zero-order valence-electron chi connectivity index (χ0n) is 12.1. The SMILES string of the molecule is CCn1cc(NC(C)c2ccccc2OC)ccc1=O. The molecule has 1 atom stereocenters. The van der Waals surface area contributed by atoms with Crippen LogP contribution in [0.3, 0.4) is 0 Å². The predicted molar refractivity (Wildman–Crippen MR) is 81.4 cm³/mol. The molecule has 106 valence electrons. The van der Waals surface area contributed by atoms with Gasteiger partial charge in [-0.3, -0.25) is 4.79 Å². The van der Waals surface area contributed by atoms with Crippen LogP contribution in [0.15, 0.2) is 47.4 Å². The van der Waals surface area contributed by atoms with E-state index in [1.165, 1.54) is 0 Å². The first-order chi connectivity index (χ1) is 9.65. The van der Waals surface area contributed by atoms with Crippen molar-refractivity contribution in [1.82, 2.24) is 4.57 Å². The number of pyridine rings is 1. The zero-order valence-corrected chi connectivity index (χ0v) is 12.1. The highest BCUT2D eigenvalue weighted by Gasteiger charge is 2.10. The summed E-state index contributed by atoms with van der Waals surface area (Å²) in [7, 11) is 1.67. The van der Waals surface area contributed by atoms with Crippen LogP contribution in [0.1, 0.15) is 25.5 Å². The third kappa shape index (κ3) is 3.02. The molecule has 20 heavy (non-hydrogen) atoms. The summed E-state index contributed by atoms with van der Waals surface area (Å²) in [6, 6.07) is 11.4. The number of aromatic nitrogens is 1. The average molecular weight is 272 g/mol. The Kier molecular flexibility index (Phi) is 4.45. The van der Waals surface area contributed by atoms with Crippen LogP contribution >= 0.6 is 0 Å². The maximum atomic E-state index is 11.6. The summed E-state index contributed by atoms with van der Waals surface area (Å²) in [6.07, 6.45) is 1.84. The number of anilines is 1. The van der Waals surface area contributed by atoms with Crippen LogP contribution in [0.5, 0.6) is 5.75 Å². The fraction of sp³-hybridized carbons (Fsp3) is 0.312. The van der Waals surface area contributed by atoms with E-state index in [4.69, 9.17) is 4.74 Å². The van der Waals surface area contributed by atoms with Gasteiger partial charge in [-0.25, -0.2) is 0 Å². The Balaban J connectivity index is 2.23. The van der Waals surface area contributed by atoms with Gasteiger partial charge in [0, 0.05) is 24.4 Å². The summed E-state index contributed by atoms with van der Waals surface area (Å²) in [5.41, 5.74) is 2.03. The number of nitrogens with zero attached hydrogens (tertiary/aromatic N) is 1. The Morgan fingerprint density at radius 1 is 1.25 bits per heavy atom. The van der Waals surface area contributed by atoms with E-state index in [0.29, 0.717) is 6.54 Å². The maximum Gasteiger partial charge on any atom is 0.250 e. The Morgan fingerprint density at radius 3 is 2.70 bits per heavy atom. The van der Waals surface area contributed by atoms with E-state index in [1.54, 1.807) is 23.8 Å². The highest BCUT2D eigenvalue weighted by Crippen LogP contribution is 2.26. The Hall–Kier alpha value is -2.23. The topological polar surface area (TPSA) is 43.3 Å². The van der Waals surface area contributed by atoms with E-state index in [2.05, 4.69) is 12.2 Å². The summed E-state index contributed by atoms with van der Waals surface area (Å²) in [6.45, 7) is 4.69. The molecular formula is C16H20N2O2. The van der Waals surface area contributed by atoms with Crippen molar-refractivity contribution in [1.29, 1.82) is 0 Å². The van der Waals surface area contributed by atoms with Gasteiger partial charge >= 0.3 is 0 Å². The monoisotopic (exact) mass is 272 g/mol. The first-order valence-corrected chi connectivity index (χ1v) is 6.75. The van der Waals surface area contributed by atoms with Gasteiger partial charge in [-0.05, 0) is 26.0 Å². The van der Waals surface area contributed by atoms with Crippen molar-refractivity contribution >= 4 is 5.69 Å². The fourth-order valence-electron chi connectivity index (χ4n) is 2.22. The minimum atomic E-state index is 0.0167. The lowest BCUT2D eigenvalue weighted by atomic mass is 10.1. The lowest BCUT2D eigenvalue weighted by Gasteiger charge is -2.18. The van der Waals surface area contributed by atoms with Gasteiger partial charge in [0.05, 0.1) is 18.8 Å². The minimum absolute atomic E-state index is 0.0167. The highest BCUT2D eigenvalue weighted by molar-refractivity contribution is 5.46. The molecule has 0 aliphatic heterocycles. The van der Waals surface area contributed by atoms with Crippen LogP contribution in [-0.4, -0.2) is 11.7 Å². The third-order valence-electron chi connectivity index (χ3n) is 3.31. The van der Waals surface area contributed by atoms with Crippen molar-refractivity contribution in [3.05, 3.63) is 58.5 Å². The second-order valence-electron chi connectivity index (χ2n) is 4.65. The Bertz CT molecular complexity index is 634. The van der Waals surface area contributed by atoms with Gasteiger partial charge in [0.15, 0.2) is 0 Å². The first kappa shape index (κ1) is 14.2. The molecule has 0 radical (unpaired) electrons. The van der Waals surface area contributed by atoms with Crippen molar-refractivity contribution < 1.29 is 4.74 Å². The van der Waals surface area contributed by atoms with Crippen LogP contribution in [0.2, 0.25) is 0 Å². The molecule has 4 heteroatoms. The molecule has 0 saturated heterocycles. The minimum Gasteiger partial charge on any atom is -0.496 e. The highest BCUT2D eigenvalue weighted by atomic mass is 16.5. The van der Waals surface area contributed by atoms with Gasteiger partial charge in [0.25, 0.3) is 5.56 Å². The third-order valence-corrected chi connectivity index (χ3v) is 3.31. The van der Waals surface area contributed by atoms with Gasteiger partial charge in [0.1, 0.15) is 5.75 Å². The summed E-state index contributed by atoms with van der Waals surface area (Å²) in [5.74, 6) is 0.858. The number of ether oxygens (including phenoxy) is 1. The van der Waals surface area contributed by atoms with Crippen LogP contribution in [0, 0.1) is 0 Å². The molecule has 0 bridgehead atoms. The Morgan fingerprint density at radius 2 is 2.00 bits per heavy atom. The summed E-state index contributed by atoms with van der Waals surface area (Å²) >= 11 is 0. The molecular weight excluding hydrogens is 252 g/mol. The molecule has 1 aromatic heterocycles. The number of methoxy groups -OCH3 is 1. The molecule has 0 aliphatic rings. The molecule has 0 spiro atoms. The summed E-state index contributed by atoms with van der Waals surface area (Å²) in [5, 5.41) is 3.40. The molecule has 1 aromatic carbocycles. The second kappa shape index (κ2) is 6.28. The number of hydrogen-bond donors (Lipinski definition) is 1. The molecule has 2 rings (SSSR count). The first-order valence-electron chi connectivity index (χ1n) is 6.75. The Labute approximate surface area is 119 Å². The van der Waals surface area contributed by atoms with Crippen LogP contribution in [-0.2, 0) is 6.54 Å². The lowest BCUT2D eigenvalue weighted by Crippen LogP contribution is -2.18. The van der Waals surface area contributed by atoms with Crippen molar-refractivity contribution in [2.75, 3.05) is 12.4 Å². The molecule has 1 unspecified atom stereocenters. The molecule has 0 saturated carbocycles. The van der Waals surface area contributed by atoms with Gasteiger partial charge in [-0.15, -0.1) is 0 Å². The number of rotatable bonds is 5. The molecule has 2 aromatic rings. The van der Waals surface area contributed by atoms with E-state index in [0.717, 1.165) is 17.0 Å².